The quantitative estimate of drug-likeness (QED) is 0.241. The van der Waals surface area contributed by atoms with E-state index in [9.17, 15) is 19.1 Å². The fourth-order valence-electron chi connectivity index (χ4n) is 3.76. The summed E-state index contributed by atoms with van der Waals surface area (Å²) in [6.45, 7) is 5.56. The van der Waals surface area contributed by atoms with Crippen LogP contribution in [0, 0.1) is 12.7 Å². The molecule has 1 amide bonds. The number of carbonyl (C=O) groups is 2. The number of amides is 1. The van der Waals surface area contributed by atoms with E-state index in [1.165, 1.54) is 23.3 Å². The summed E-state index contributed by atoms with van der Waals surface area (Å²) in [4.78, 5) is 27.3. The molecular formula is C26H22FNO5. The number of rotatable bonds is 7. The minimum atomic E-state index is -0.895. The maximum atomic E-state index is 14.2. The minimum absolute atomic E-state index is 0.0238. The number of hydrogen-bond donors (Lipinski definition) is 1. The van der Waals surface area contributed by atoms with Crippen LogP contribution in [0.15, 0.2) is 83.5 Å². The van der Waals surface area contributed by atoms with Gasteiger partial charge in [0.25, 0.3) is 11.7 Å². The Kier molecular flexibility index (Phi) is 6.13. The molecule has 1 unspecified atom stereocenters. The molecule has 0 radical (unpaired) electrons. The maximum absolute atomic E-state index is 14.2. The second-order valence-electron chi connectivity index (χ2n) is 7.64. The molecule has 1 N–H and O–H groups in total. The number of ether oxygens (including phenoxy) is 1. The summed E-state index contributed by atoms with van der Waals surface area (Å²) >= 11 is 0. The van der Waals surface area contributed by atoms with Crippen molar-refractivity contribution in [2.75, 3.05) is 6.61 Å². The van der Waals surface area contributed by atoms with E-state index in [-0.39, 0.29) is 17.7 Å². The summed E-state index contributed by atoms with van der Waals surface area (Å²) in [5.74, 6) is -1.53. The number of aliphatic hydroxyl groups is 1. The van der Waals surface area contributed by atoms with Crippen LogP contribution >= 0.6 is 0 Å². The van der Waals surface area contributed by atoms with Gasteiger partial charge in [0.2, 0.25) is 0 Å². The highest BCUT2D eigenvalue weighted by Crippen LogP contribution is 2.40. The smallest absolute Gasteiger partial charge is 0.296 e. The molecule has 6 nitrogen and oxygen atoms in total. The van der Waals surface area contributed by atoms with Gasteiger partial charge in [0.05, 0.1) is 24.4 Å². The number of carbonyl (C=O) groups excluding carboxylic acids is 2. The topological polar surface area (TPSA) is 80.0 Å². The van der Waals surface area contributed by atoms with Crippen LogP contribution in [-0.2, 0) is 16.1 Å². The van der Waals surface area contributed by atoms with Crippen molar-refractivity contribution in [2.24, 2.45) is 0 Å². The molecule has 0 bridgehead atoms. The Morgan fingerprint density at radius 1 is 1.21 bits per heavy atom. The van der Waals surface area contributed by atoms with Crippen LogP contribution in [0.5, 0.6) is 5.75 Å². The van der Waals surface area contributed by atoms with Gasteiger partial charge < -0.3 is 19.2 Å². The molecule has 1 aliphatic rings. The molecule has 168 valence electrons. The predicted molar refractivity (Wildman–Crippen MR) is 120 cm³/mol. The van der Waals surface area contributed by atoms with Crippen LogP contribution in [0.3, 0.4) is 0 Å². The molecule has 0 saturated carbocycles. The molecule has 0 spiro atoms. The third-order valence-electron chi connectivity index (χ3n) is 5.46. The minimum Gasteiger partial charge on any atom is -0.507 e. The maximum Gasteiger partial charge on any atom is 0.296 e. The zero-order valence-corrected chi connectivity index (χ0v) is 18.0. The van der Waals surface area contributed by atoms with Crippen molar-refractivity contribution in [3.05, 3.63) is 107 Å². The van der Waals surface area contributed by atoms with Crippen molar-refractivity contribution in [2.45, 2.75) is 19.5 Å². The lowest BCUT2D eigenvalue weighted by molar-refractivity contribution is -0.140. The summed E-state index contributed by atoms with van der Waals surface area (Å²) in [6.07, 6.45) is 3.09. The third kappa shape index (κ3) is 4.30. The van der Waals surface area contributed by atoms with Gasteiger partial charge in [-0.15, -0.1) is 0 Å². The third-order valence-corrected chi connectivity index (χ3v) is 5.46. The Morgan fingerprint density at radius 3 is 2.61 bits per heavy atom. The van der Waals surface area contributed by atoms with Gasteiger partial charge in [-0.1, -0.05) is 36.9 Å². The highest BCUT2D eigenvalue weighted by molar-refractivity contribution is 6.46. The number of halogens is 1. The van der Waals surface area contributed by atoms with Crippen LogP contribution in [0.1, 0.15) is 28.5 Å². The fourth-order valence-corrected chi connectivity index (χ4v) is 3.76. The Balaban J connectivity index is 1.82. The Morgan fingerprint density at radius 2 is 1.97 bits per heavy atom. The van der Waals surface area contributed by atoms with Gasteiger partial charge >= 0.3 is 0 Å². The number of likely N-dealkylation sites (tertiary alicyclic amines) is 1. The van der Waals surface area contributed by atoms with E-state index in [4.69, 9.17) is 9.15 Å². The van der Waals surface area contributed by atoms with Crippen LogP contribution < -0.4 is 4.74 Å². The molecule has 2 aromatic carbocycles. The van der Waals surface area contributed by atoms with Crippen molar-refractivity contribution in [1.82, 2.24) is 4.90 Å². The van der Waals surface area contributed by atoms with E-state index in [0.717, 1.165) is 6.07 Å². The number of benzene rings is 2. The molecule has 7 heteroatoms. The molecule has 1 fully saturated rings. The van der Waals surface area contributed by atoms with E-state index in [1.54, 1.807) is 49.4 Å². The van der Waals surface area contributed by atoms with E-state index >= 15 is 0 Å². The average Bonchev–Trinajstić information content (AvgIpc) is 3.42. The monoisotopic (exact) mass is 447 g/mol. The zero-order chi connectivity index (χ0) is 23.5. The summed E-state index contributed by atoms with van der Waals surface area (Å²) in [5, 5.41) is 11.0. The normalized spacial score (nSPS) is 17.4. The lowest BCUT2D eigenvalue weighted by Crippen LogP contribution is -2.29. The van der Waals surface area contributed by atoms with Crippen LogP contribution in [0.4, 0.5) is 4.39 Å². The molecule has 2 heterocycles. The lowest BCUT2D eigenvalue weighted by atomic mass is 9.95. The Bertz CT molecular complexity index is 1230. The molecule has 3 aromatic rings. The lowest BCUT2D eigenvalue weighted by Gasteiger charge is -2.24. The summed E-state index contributed by atoms with van der Waals surface area (Å²) in [7, 11) is 0. The molecular weight excluding hydrogens is 425 g/mol. The highest BCUT2D eigenvalue weighted by atomic mass is 19.1. The molecule has 1 aromatic heterocycles. The first-order chi connectivity index (χ1) is 15.9. The largest absolute Gasteiger partial charge is 0.507 e. The van der Waals surface area contributed by atoms with Gasteiger partial charge in [-0.05, 0) is 48.4 Å². The van der Waals surface area contributed by atoms with E-state index in [1.807, 2.05) is 0 Å². The first kappa shape index (κ1) is 22.1. The van der Waals surface area contributed by atoms with E-state index in [2.05, 4.69) is 6.58 Å². The van der Waals surface area contributed by atoms with Gasteiger partial charge in [0.15, 0.2) is 0 Å². The zero-order valence-electron chi connectivity index (χ0n) is 18.0. The predicted octanol–water partition coefficient (Wildman–Crippen LogP) is 4.91. The molecule has 1 aliphatic heterocycles. The first-order valence-electron chi connectivity index (χ1n) is 10.3. The number of hydrogen-bond acceptors (Lipinski definition) is 5. The van der Waals surface area contributed by atoms with Crippen molar-refractivity contribution >= 4 is 17.4 Å². The number of ketones is 1. The second kappa shape index (κ2) is 9.16. The second-order valence-corrected chi connectivity index (χ2v) is 7.64. The van der Waals surface area contributed by atoms with Gasteiger partial charge in [-0.3, -0.25) is 9.59 Å². The number of furan rings is 1. The van der Waals surface area contributed by atoms with Crippen LogP contribution in [0.2, 0.25) is 0 Å². The van der Waals surface area contributed by atoms with Crippen molar-refractivity contribution in [3.8, 4) is 5.75 Å². The van der Waals surface area contributed by atoms with Gasteiger partial charge in [0, 0.05) is 5.56 Å². The van der Waals surface area contributed by atoms with Crippen LogP contribution in [-0.4, -0.2) is 28.3 Å². The number of aliphatic hydroxyl groups excluding tert-OH is 1. The SMILES string of the molecule is C=CCOc1ccc(C2/C(=C(/O)c3ccc(C)c(F)c3)C(=O)C(=O)N2Cc2ccco2)cc1. The molecule has 1 saturated heterocycles. The van der Waals surface area contributed by atoms with Crippen molar-refractivity contribution < 1.29 is 28.2 Å². The molecule has 33 heavy (non-hydrogen) atoms. The van der Waals surface area contributed by atoms with Crippen molar-refractivity contribution in [3.63, 3.8) is 0 Å². The van der Waals surface area contributed by atoms with E-state index in [0.29, 0.717) is 29.2 Å². The van der Waals surface area contributed by atoms with Crippen molar-refractivity contribution in [1.29, 1.82) is 0 Å². The fraction of sp³-hybridized carbons (Fsp3) is 0.154. The molecule has 4 rings (SSSR count). The first-order valence-corrected chi connectivity index (χ1v) is 10.3. The molecule has 0 aliphatic carbocycles. The summed E-state index contributed by atoms with van der Waals surface area (Å²) in [5.41, 5.74) is 0.983. The highest BCUT2D eigenvalue weighted by Gasteiger charge is 2.46. The van der Waals surface area contributed by atoms with Gasteiger partial charge in [0.1, 0.15) is 29.7 Å². The summed E-state index contributed by atoms with van der Waals surface area (Å²) < 4.78 is 25.1. The van der Waals surface area contributed by atoms with E-state index < -0.39 is 29.3 Å². The van der Waals surface area contributed by atoms with Crippen LogP contribution in [0.25, 0.3) is 5.76 Å². The number of Topliss-reactive ketones (excluding diaryl/α,β-unsaturated/α-hetero) is 1. The number of nitrogens with zero attached hydrogens (tertiary/aromatic N) is 1. The molecule has 1 atom stereocenters. The standard InChI is InChI=1S/C26H22FNO5/c1-3-12-32-19-10-8-17(9-11-19)23-22(24(29)18-7-6-16(2)21(27)14-18)25(30)26(31)28(23)15-20-5-4-13-33-20/h3-11,13-14,23,29H,1,12,15H2,2H3/b24-22-. The van der Waals surface area contributed by atoms with Gasteiger partial charge in [-0.25, -0.2) is 4.39 Å². The summed E-state index contributed by atoms with van der Waals surface area (Å²) in [6, 6.07) is 13.5. The number of aryl methyl sites for hydroxylation is 1. The van der Waals surface area contributed by atoms with Gasteiger partial charge in [-0.2, -0.15) is 0 Å². The Labute approximate surface area is 190 Å². The Hall–Kier alpha value is -4.13. The average molecular weight is 447 g/mol.